The molecule has 2 rings (SSSR count). The van der Waals surface area contributed by atoms with E-state index in [1.165, 1.54) is 11.0 Å². The zero-order valence-electron chi connectivity index (χ0n) is 12.4. The molecule has 0 saturated carbocycles. The summed E-state index contributed by atoms with van der Waals surface area (Å²) in [5, 5.41) is 0. The Labute approximate surface area is 127 Å². The number of hydrogen-bond acceptors (Lipinski definition) is 3. The molecule has 0 radical (unpaired) electrons. The Balaban J connectivity index is 2.07. The third-order valence-corrected chi connectivity index (χ3v) is 3.73. The van der Waals surface area contributed by atoms with Crippen molar-refractivity contribution in [3.63, 3.8) is 0 Å². The van der Waals surface area contributed by atoms with Gasteiger partial charge in [0.25, 0.3) is 0 Å². The standard InChI is InChI=1S/C15H19F4N3/c1-10-7-12(8-13(16)14(10)11(2)20)22-5-3-21(4-6-22)9-15(17,18)19/h7-8H,2-6,9,20H2,1H3. The largest absolute Gasteiger partial charge is 0.401 e. The Morgan fingerprint density at radius 3 is 2.27 bits per heavy atom. The monoisotopic (exact) mass is 317 g/mol. The summed E-state index contributed by atoms with van der Waals surface area (Å²) in [6.45, 7) is 5.83. The van der Waals surface area contributed by atoms with Gasteiger partial charge in [0.2, 0.25) is 0 Å². The molecule has 0 amide bonds. The van der Waals surface area contributed by atoms with E-state index >= 15 is 0 Å². The third-order valence-electron chi connectivity index (χ3n) is 3.73. The molecule has 0 bridgehead atoms. The molecule has 1 aliphatic heterocycles. The lowest BCUT2D eigenvalue weighted by Gasteiger charge is -2.36. The quantitative estimate of drug-likeness (QED) is 0.870. The fraction of sp³-hybridized carbons (Fsp3) is 0.467. The maximum absolute atomic E-state index is 14.1. The second-order valence-electron chi connectivity index (χ2n) is 5.52. The minimum absolute atomic E-state index is 0.163. The van der Waals surface area contributed by atoms with Crippen LogP contribution in [0.4, 0.5) is 23.2 Å². The van der Waals surface area contributed by atoms with Crippen LogP contribution in [0.2, 0.25) is 0 Å². The van der Waals surface area contributed by atoms with E-state index in [0.717, 1.165) is 0 Å². The molecular formula is C15H19F4N3. The van der Waals surface area contributed by atoms with Gasteiger partial charge in [0.1, 0.15) is 5.82 Å². The minimum atomic E-state index is -4.19. The van der Waals surface area contributed by atoms with Gasteiger partial charge in [-0.05, 0) is 24.6 Å². The highest BCUT2D eigenvalue weighted by Crippen LogP contribution is 2.26. The normalized spacial score (nSPS) is 16.9. The summed E-state index contributed by atoms with van der Waals surface area (Å²) < 4.78 is 51.2. The summed E-state index contributed by atoms with van der Waals surface area (Å²) in [4.78, 5) is 3.24. The van der Waals surface area contributed by atoms with Gasteiger partial charge in [-0.25, -0.2) is 4.39 Å². The van der Waals surface area contributed by atoms with Gasteiger partial charge >= 0.3 is 6.18 Å². The highest BCUT2D eigenvalue weighted by atomic mass is 19.4. The first kappa shape index (κ1) is 16.6. The molecule has 22 heavy (non-hydrogen) atoms. The molecule has 1 aromatic rings. The Hall–Kier alpha value is -1.76. The predicted octanol–water partition coefficient (Wildman–Crippen LogP) is 2.75. The van der Waals surface area contributed by atoms with Crippen LogP contribution in [-0.4, -0.2) is 43.8 Å². The van der Waals surface area contributed by atoms with E-state index in [1.54, 1.807) is 13.0 Å². The Morgan fingerprint density at radius 1 is 1.23 bits per heavy atom. The van der Waals surface area contributed by atoms with E-state index < -0.39 is 18.5 Å². The summed E-state index contributed by atoms with van der Waals surface area (Å²) in [6.07, 6.45) is -4.19. The second-order valence-corrected chi connectivity index (χ2v) is 5.52. The van der Waals surface area contributed by atoms with Gasteiger partial charge in [-0.2, -0.15) is 13.2 Å². The topological polar surface area (TPSA) is 32.5 Å². The Bertz CT molecular complexity index is 537. The number of anilines is 1. The third kappa shape index (κ3) is 3.91. The van der Waals surface area contributed by atoms with Gasteiger partial charge in [0.15, 0.2) is 0 Å². The number of nitrogens with zero attached hydrogens (tertiary/aromatic N) is 2. The fourth-order valence-corrected chi connectivity index (χ4v) is 2.73. The zero-order chi connectivity index (χ0) is 16.5. The molecule has 0 atom stereocenters. The van der Waals surface area contributed by atoms with E-state index in [4.69, 9.17) is 5.73 Å². The van der Waals surface area contributed by atoms with Crippen LogP contribution < -0.4 is 10.6 Å². The smallest absolute Gasteiger partial charge is 0.399 e. The van der Waals surface area contributed by atoms with Crippen LogP contribution in [0.15, 0.2) is 18.7 Å². The lowest BCUT2D eigenvalue weighted by Crippen LogP contribution is -2.49. The van der Waals surface area contributed by atoms with Crippen molar-refractivity contribution in [2.45, 2.75) is 13.1 Å². The van der Waals surface area contributed by atoms with E-state index in [-0.39, 0.29) is 5.70 Å². The first-order valence-corrected chi connectivity index (χ1v) is 6.96. The van der Waals surface area contributed by atoms with Crippen molar-refractivity contribution in [2.75, 3.05) is 37.6 Å². The molecule has 1 aliphatic rings. The average Bonchev–Trinajstić information content (AvgIpc) is 2.36. The van der Waals surface area contributed by atoms with Gasteiger partial charge in [0.05, 0.1) is 6.54 Å². The van der Waals surface area contributed by atoms with Crippen LogP contribution in [0.25, 0.3) is 5.70 Å². The van der Waals surface area contributed by atoms with Gasteiger partial charge in [-0.1, -0.05) is 6.58 Å². The number of aryl methyl sites for hydroxylation is 1. The number of piperazine rings is 1. The molecule has 2 N–H and O–H groups in total. The number of nitrogens with two attached hydrogens (primary N) is 1. The van der Waals surface area contributed by atoms with Crippen molar-refractivity contribution in [2.24, 2.45) is 5.73 Å². The van der Waals surface area contributed by atoms with Crippen molar-refractivity contribution in [1.29, 1.82) is 0 Å². The van der Waals surface area contributed by atoms with Gasteiger partial charge in [0, 0.05) is 43.1 Å². The molecule has 0 aromatic heterocycles. The maximum Gasteiger partial charge on any atom is 0.401 e. The van der Waals surface area contributed by atoms with Crippen LogP contribution in [0, 0.1) is 12.7 Å². The van der Waals surface area contributed by atoms with E-state index in [9.17, 15) is 17.6 Å². The van der Waals surface area contributed by atoms with Crippen molar-refractivity contribution in [1.82, 2.24) is 4.90 Å². The molecular weight excluding hydrogens is 298 g/mol. The first-order chi connectivity index (χ1) is 10.2. The molecule has 1 heterocycles. The molecule has 7 heteroatoms. The number of rotatable bonds is 3. The summed E-state index contributed by atoms with van der Waals surface area (Å²) in [7, 11) is 0. The molecule has 0 spiro atoms. The van der Waals surface area contributed by atoms with Crippen LogP contribution in [0.3, 0.4) is 0 Å². The molecule has 122 valence electrons. The van der Waals surface area contributed by atoms with Crippen molar-refractivity contribution >= 4 is 11.4 Å². The number of halogens is 4. The first-order valence-electron chi connectivity index (χ1n) is 6.96. The summed E-state index contributed by atoms with van der Waals surface area (Å²) in [5.41, 5.74) is 7.34. The van der Waals surface area contributed by atoms with Crippen molar-refractivity contribution < 1.29 is 17.6 Å². The minimum Gasteiger partial charge on any atom is -0.399 e. The average molecular weight is 317 g/mol. The highest BCUT2D eigenvalue weighted by molar-refractivity contribution is 5.67. The molecule has 0 unspecified atom stereocenters. The fourth-order valence-electron chi connectivity index (χ4n) is 2.73. The van der Waals surface area contributed by atoms with Gasteiger partial charge < -0.3 is 10.6 Å². The summed E-state index contributed by atoms with van der Waals surface area (Å²) in [6, 6.07) is 3.15. The van der Waals surface area contributed by atoms with Crippen molar-refractivity contribution in [3.05, 3.63) is 35.7 Å². The number of alkyl halides is 3. The zero-order valence-corrected chi connectivity index (χ0v) is 12.4. The predicted molar refractivity (Wildman–Crippen MR) is 79.1 cm³/mol. The van der Waals surface area contributed by atoms with Crippen LogP contribution in [0.1, 0.15) is 11.1 Å². The second kappa shape index (κ2) is 6.16. The van der Waals surface area contributed by atoms with E-state index in [2.05, 4.69) is 6.58 Å². The van der Waals surface area contributed by atoms with Crippen LogP contribution >= 0.6 is 0 Å². The molecule has 1 saturated heterocycles. The van der Waals surface area contributed by atoms with Gasteiger partial charge in [-0.15, -0.1) is 0 Å². The summed E-state index contributed by atoms with van der Waals surface area (Å²) in [5.74, 6) is -0.458. The molecule has 0 aliphatic carbocycles. The van der Waals surface area contributed by atoms with Crippen molar-refractivity contribution in [3.8, 4) is 0 Å². The van der Waals surface area contributed by atoms with Crippen LogP contribution in [-0.2, 0) is 0 Å². The molecule has 1 aromatic carbocycles. The Morgan fingerprint density at radius 2 is 1.82 bits per heavy atom. The Kier molecular flexibility index (Phi) is 4.65. The summed E-state index contributed by atoms with van der Waals surface area (Å²) >= 11 is 0. The lowest BCUT2D eigenvalue weighted by atomic mass is 10.0. The molecule has 1 fully saturated rings. The SMILES string of the molecule is C=C(N)c1c(C)cc(N2CCN(CC(F)(F)F)CC2)cc1F. The van der Waals surface area contributed by atoms with E-state index in [1.807, 2.05) is 4.90 Å². The maximum atomic E-state index is 14.1. The van der Waals surface area contributed by atoms with Crippen LogP contribution in [0.5, 0.6) is 0 Å². The van der Waals surface area contributed by atoms with Gasteiger partial charge in [-0.3, -0.25) is 4.90 Å². The van der Waals surface area contributed by atoms with E-state index in [0.29, 0.717) is 43.0 Å². The molecule has 3 nitrogen and oxygen atoms in total. The highest BCUT2D eigenvalue weighted by Gasteiger charge is 2.32. The number of hydrogen-bond donors (Lipinski definition) is 1. The number of benzene rings is 1. The lowest BCUT2D eigenvalue weighted by molar-refractivity contribution is -0.146.